The molecule has 4 aromatic rings. The third kappa shape index (κ3) is 4.29. The van der Waals surface area contributed by atoms with Gasteiger partial charge in [0.15, 0.2) is 0 Å². The van der Waals surface area contributed by atoms with E-state index in [4.69, 9.17) is 4.74 Å². The molecule has 8 heteroatoms. The second kappa shape index (κ2) is 9.30. The van der Waals surface area contributed by atoms with Gasteiger partial charge in [-0.1, -0.05) is 30.3 Å². The van der Waals surface area contributed by atoms with Gasteiger partial charge in [0.25, 0.3) is 5.91 Å². The van der Waals surface area contributed by atoms with Crippen molar-refractivity contribution in [3.05, 3.63) is 83.3 Å². The molecule has 0 aliphatic rings. The summed E-state index contributed by atoms with van der Waals surface area (Å²) in [6.07, 6.45) is 1.55. The molecule has 0 saturated carbocycles. The van der Waals surface area contributed by atoms with E-state index in [1.54, 1.807) is 12.3 Å². The number of rotatable bonds is 7. The van der Waals surface area contributed by atoms with Crippen molar-refractivity contribution in [1.82, 2.24) is 25.4 Å². The topological polar surface area (TPSA) is 97.2 Å². The zero-order chi connectivity index (χ0) is 22.5. The van der Waals surface area contributed by atoms with E-state index in [1.165, 1.54) is 0 Å². The van der Waals surface area contributed by atoms with Gasteiger partial charge >= 0.3 is 0 Å². The molecular formula is C24H24N6O2. The van der Waals surface area contributed by atoms with Crippen LogP contribution in [-0.2, 0) is 0 Å². The molecule has 0 aliphatic heterocycles. The van der Waals surface area contributed by atoms with Crippen LogP contribution in [0.2, 0.25) is 0 Å². The van der Waals surface area contributed by atoms with E-state index in [1.807, 2.05) is 80.1 Å². The van der Waals surface area contributed by atoms with Gasteiger partial charge in [-0.15, -0.1) is 0 Å². The van der Waals surface area contributed by atoms with E-state index in [-0.39, 0.29) is 5.91 Å². The molecule has 162 valence electrons. The van der Waals surface area contributed by atoms with Gasteiger partial charge < -0.3 is 4.74 Å². The fourth-order valence-corrected chi connectivity index (χ4v) is 3.49. The van der Waals surface area contributed by atoms with Crippen LogP contribution in [-0.4, -0.2) is 38.7 Å². The number of aromatic nitrogens is 4. The summed E-state index contributed by atoms with van der Waals surface area (Å²) in [4.78, 5) is 12.5. The Balaban J connectivity index is 1.51. The molecule has 0 spiro atoms. The zero-order valence-corrected chi connectivity index (χ0v) is 18.2. The lowest BCUT2D eigenvalue weighted by atomic mass is 10.1. The highest BCUT2D eigenvalue weighted by Crippen LogP contribution is 2.27. The number of aryl methyl sites for hydroxylation is 1. The number of nitrogens with one attached hydrogen (secondary N) is 2. The average Bonchev–Trinajstić information content (AvgIpc) is 3.40. The van der Waals surface area contributed by atoms with Crippen molar-refractivity contribution in [2.75, 3.05) is 6.61 Å². The van der Waals surface area contributed by atoms with Crippen LogP contribution in [0.25, 0.3) is 16.9 Å². The number of amides is 1. The van der Waals surface area contributed by atoms with Gasteiger partial charge in [-0.25, -0.2) is 10.1 Å². The van der Waals surface area contributed by atoms with Crippen LogP contribution in [0, 0.1) is 13.8 Å². The lowest BCUT2D eigenvalue weighted by Gasteiger charge is -2.05. The van der Waals surface area contributed by atoms with Crippen LogP contribution < -0.4 is 10.2 Å². The van der Waals surface area contributed by atoms with E-state index >= 15 is 0 Å². The highest BCUT2D eigenvalue weighted by Gasteiger charge is 2.18. The second-order valence-corrected chi connectivity index (χ2v) is 7.13. The number of para-hydroxylation sites is 2. The first-order valence-electron chi connectivity index (χ1n) is 10.3. The van der Waals surface area contributed by atoms with Crippen LogP contribution in [0.3, 0.4) is 0 Å². The van der Waals surface area contributed by atoms with Gasteiger partial charge in [-0.05, 0) is 51.1 Å². The van der Waals surface area contributed by atoms with Crippen molar-refractivity contribution in [3.63, 3.8) is 0 Å². The first kappa shape index (κ1) is 21.0. The van der Waals surface area contributed by atoms with Crippen LogP contribution in [0.4, 0.5) is 0 Å². The summed E-state index contributed by atoms with van der Waals surface area (Å²) < 4.78 is 7.43. The molecule has 4 rings (SSSR count). The van der Waals surface area contributed by atoms with Crippen molar-refractivity contribution < 1.29 is 9.53 Å². The average molecular weight is 428 g/mol. The summed E-state index contributed by atoms with van der Waals surface area (Å²) >= 11 is 0. The molecular weight excluding hydrogens is 404 g/mol. The minimum Gasteiger partial charge on any atom is -0.493 e. The highest BCUT2D eigenvalue weighted by atomic mass is 16.5. The Bertz CT molecular complexity index is 1260. The van der Waals surface area contributed by atoms with Gasteiger partial charge in [-0.2, -0.15) is 15.3 Å². The van der Waals surface area contributed by atoms with Crippen LogP contribution in [0.1, 0.15) is 34.4 Å². The molecule has 2 heterocycles. The van der Waals surface area contributed by atoms with E-state index in [0.717, 1.165) is 28.2 Å². The quantitative estimate of drug-likeness (QED) is 0.343. The van der Waals surface area contributed by atoms with E-state index < -0.39 is 0 Å². The summed E-state index contributed by atoms with van der Waals surface area (Å²) in [6.45, 7) is 6.37. The number of nitrogens with zero attached hydrogens (tertiary/aromatic N) is 4. The number of aromatic amines is 1. The normalized spacial score (nSPS) is 11.1. The number of ether oxygens (including phenoxy) is 1. The summed E-state index contributed by atoms with van der Waals surface area (Å²) in [6, 6.07) is 19.1. The maximum Gasteiger partial charge on any atom is 0.289 e. The Morgan fingerprint density at radius 2 is 1.91 bits per heavy atom. The van der Waals surface area contributed by atoms with E-state index in [9.17, 15) is 4.79 Å². The van der Waals surface area contributed by atoms with Gasteiger partial charge in [0.2, 0.25) is 0 Å². The maximum atomic E-state index is 12.5. The van der Waals surface area contributed by atoms with E-state index in [0.29, 0.717) is 23.7 Å². The van der Waals surface area contributed by atoms with Crippen molar-refractivity contribution in [3.8, 4) is 22.7 Å². The molecule has 2 N–H and O–H groups in total. The SMILES string of the molecule is CCOc1ccccc1/C=N\NC(=O)c1cc(-c2c(C)nn(-c3ccccc3)c2C)n[nH]1. The van der Waals surface area contributed by atoms with Crippen LogP contribution in [0.15, 0.2) is 65.8 Å². The number of hydrogen-bond donors (Lipinski definition) is 2. The predicted octanol–water partition coefficient (Wildman–Crippen LogP) is 4.04. The minimum atomic E-state index is -0.389. The van der Waals surface area contributed by atoms with Crippen molar-refractivity contribution in [2.45, 2.75) is 20.8 Å². The van der Waals surface area contributed by atoms with Gasteiger partial charge in [0.1, 0.15) is 11.4 Å². The number of hydrogen-bond acceptors (Lipinski definition) is 5. The molecule has 2 aromatic carbocycles. The number of H-pyrrole nitrogens is 1. The number of benzene rings is 2. The largest absolute Gasteiger partial charge is 0.493 e. The van der Waals surface area contributed by atoms with E-state index in [2.05, 4.69) is 25.8 Å². The molecule has 0 atom stereocenters. The molecule has 0 saturated heterocycles. The van der Waals surface area contributed by atoms with Crippen LogP contribution >= 0.6 is 0 Å². The monoisotopic (exact) mass is 428 g/mol. The molecule has 0 fully saturated rings. The molecule has 0 bridgehead atoms. The predicted molar refractivity (Wildman–Crippen MR) is 123 cm³/mol. The fraction of sp³-hybridized carbons (Fsp3) is 0.167. The first-order chi connectivity index (χ1) is 15.6. The van der Waals surface area contributed by atoms with Crippen LogP contribution in [0.5, 0.6) is 5.75 Å². The zero-order valence-electron chi connectivity index (χ0n) is 18.2. The number of carbonyl (C=O) groups is 1. The molecule has 8 nitrogen and oxygen atoms in total. The Morgan fingerprint density at radius 1 is 1.16 bits per heavy atom. The minimum absolute atomic E-state index is 0.307. The first-order valence-corrected chi connectivity index (χ1v) is 10.3. The fourth-order valence-electron chi connectivity index (χ4n) is 3.49. The van der Waals surface area contributed by atoms with Gasteiger partial charge in [0, 0.05) is 11.1 Å². The summed E-state index contributed by atoms with van der Waals surface area (Å²) in [5.74, 6) is 0.317. The Labute approximate surface area is 185 Å². The third-order valence-corrected chi connectivity index (χ3v) is 4.96. The Hall–Kier alpha value is -4.20. The molecule has 0 radical (unpaired) electrons. The lowest BCUT2D eigenvalue weighted by molar-refractivity contribution is 0.0950. The number of carbonyl (C=O) groups excluding carboxylic acids is 1. The maximum absolute atomic E-state index is 12.5. The molecule has 32 heavy (non-hydrogen) atoms. The highest BCUT2D eigenvalue weighted by molar-refractivity contribution is 5.94. The summed E-state index contributed by atoms with van der Waals surface area (Å²) in [5.41, 5.74) is 7.89. The standard InChI is InChI=1S/C24H24N6O2/c1-4-32-22-13-9-8-10-18(22)15-25-28-24(31)21-14-20(26-27-21)23-16(2)29-30(17(23)3)19-11-6-5-7-12-19/h5-15H,4H2,1-3H3,(H,26,27)(H,28,31)/b25-15-. The Kier molecular flexibility index (Phi) is 6.12. The lowest BCUT2D eigenvalue weighted by Crippen LogP contribution is -2.18. The molecule has 0 aliphatic carbocycles. The number of hydrazone groups is 1. The smallest absolute Gasteiger partial charge is 0.289 e. The molecule has 2 aromatic heterocycles. The molecule has 0 unspecified atom stereocenters. The van der Waals surface area contributed by atoms with Crippen molar-refractivity contribution in [2.24, 2.45) is 5.10 Å². The Morgan fingerprint density at radius 3 is 2.69 bits per heavy atom. The third-order valence-electron chi connectivity index (χ3n) is 4.96. The summed E-state index contributed by atoms with van der Waals surface area (Å²) in [7, 11) is 0. The van der Waals surface area contributed by atoms with Crippen molar-refractivity contribution >= 4 is 12.1 Å². The second-order valence-electron chi connectivity index (χ2n) is 7.13. The van der Waals surface area contributed by atoms with Crippen molar-refractivity contribution in [1.29, 1.82) is 0 Å². The van der Waals surface area contributed by atoms with Gasteiger partial charge in [0.05, 0.1) is 35.6 Å². The van der Waals surface area contributed by atoms with Gasteiger partial charge in [-0.3, -0.25) is 9.89 Å². The molecule has 1 amide bonds. The summed E-state index contributed by atoms with van der Waals surface area (Å²) in [5, 5.41) is 15.8.